The maximum Gasteiger partial charge on any atom is 0.0573 e. The zero-order chi connectivity index (χ0) is 8.55. The minimum absolute atomic E-state index is 0.0264. The standard InChI is InChI=1S/C11H18O/c1-2-3-4-5-9-10-6-8(10)7-11(9)12/h2,8-12H,1,3-7H2/t8-,9+,10-,11+/m0/s1. The third-order valence-corrected chi connectivity index (χ3v) is 3.51. The van der Waals surface area contributed by atoms with E-state index in [0.717, 1.165) is 24.7 Å². The van der Waals surface area contributed by atoms with Gasteiger partial charge in [-0.05, 0) is 49.9 Å². The van der Waals surface area contributed by atoms with Gasteiger partial charge in [-0.2, -0.15) is 0 Å². The molecule has 68 valence electrons. The van der Waals surface area contributed by atoms with Gasteiger partial charge in [-0.15, -0.1) is 6.58 Å². The van der Waals surface area contributed by atoms with Crippen LogP contribution < -0.4 is 0 Å². The summed E-state index contributed by atoms with van der Waals surface area (Å²) in [6.07, 6.45) is 8.03. The smallest absolute Gasteiger partial charge is 0.0573 e. The zero-order valence-corrected chi connectivity index (χ0v) is 7.58. The number of hydrogen-bond donors (Lipinski definition) is 1. The molecule has 4 atom stereocenters. The topological polar surface area (TPSA) is 20.2 Å². The minimum atomic E-state index is 0.0264. The first kappa shape index (κ1) is 8.31. The van der Waals surface area contributed by atoms with E-state index >= 15 is 0 Å². The third kappa shape index (κ3) is 1.42. The maximum atomic E-state index is 9.66. The fraction of sp³-hybridized carbons (Fsp3) is 0.818. The van der Waals surface area contributed by atoms with Crippen LogP contribution in [0.3, 0.4) is 0 Å². The van der Waals surface area contributed by atoms with Crippen molar-refractivity contribution >= 4 is 0 Å². The van der Waals surface area contributed by atoms with Gasteiger partial charge in [-0.25, -0.2) is 0 Å². The van der Waals surface area contributed by atoms with Gasteiger partial charge in [0.2, 0.25) is 0 Å². The molecule has 0 aromatic rings. The Kier molecular flexibility index (Phi) is 2.22. The molecule has 0 aliphatic heterocycles. The molecule has 1 N–H and O–H groups in total. The van der Waals surface area contributed by atoms with E-state index in [4.69, 9.17) is 0 Å². The number of aliphatic hydroxyl groups excluding tert-OH is 1. The van der Waals surface area contributed by atoms with Gasteiger partial charge in [0, 0.05) is 0 Å². The molecule has 2 aliphatic carbocycles. The van der Waals surface area contributed by atoms with Crippen molar-refractivity contribution in [2.24, 2.45) is 17.8 Å². The van der Waals surface area contributed by atoms with Crippen molar-refractivity contribution in [3.8, 4) is 0 Å². The molecule has 2 saturated carbocycles. The van der Waals surface area contributed by atoms with Crippen LogP contribution in [0.4, 0.5) is 0 Å². The largest absolute Gasteiger partial charge is 0.393 e. The van der Waals surface area contributed by atoms with E-state index in [1.54, 1.807) is 0 Å². The Morgan fingerprint density at radius 2 is 2.25 bits per heavy atom. The highest BCUT2D eigenvalue weighted by Gasteiger charge is 2.52. The van der Waals surface area contributed by atoms with Crippen LogP contribution in [-0.4, -0.2) is 11.2 Å². The highest BCUT2D eigenvalue weighted by Crippen LogP contribution is 2.56. The summed E-state index contributed by atoms with van der Waals surface area (Å²) >= 11 is 0. The Balaban J connectivity index is 1.75. The minimum Gasteiger partial charge on any atom is -0.393 e. The summed E-state index contributed by atoms with van der Waals surface area (Å²) in [5, 5.41) is 9.66. The predicted molar refractivity (Wildman–Crippen MR) is 49.8 cm³/mol. The number of fused-ring (bicyclic) bond motifs is 1. The van der Waals surface area contributed by atoms with Gasteiger partial charge in [-0.1, -0.05) is 6.08 Å². The number of allylic oxidation sites excluding steroid dienone is 1. The lowest BCUT2D eigenvalue weighted by atomic mass is 9.94. The molecule has 2 fully saturated rings. The Bertz CT molecular complexity index is 174. The predicted octanol–water partition coefficient (Wildman–Crippen LogP) is 2.36. The number of unbranched alkanes of at least 4 members (excludes halogenated alkanes) is 1. The third-order valence-electron chi connectivity index (χ3n) is 3.51. The fourth-order valence-electron chi connectivity index (χ4n) is 2.74. The van der Waals surface area contributed by atoms with E-state index in [-0.39, 0.29) is 6.10 Å². The van der Waals surface area contributed by atoms with Crippen molar-refractivity contribution < 1.29 is 5.11 Å². The molecular weight excluding hydrogens is 148 g/mol. The first-order chi connectivity index (χ1) is 5.83. The van der Waals surface area contributed by atoms with E-state index in [1.165, 1.54) is 19.3 Å². The summed E-state index contributed by atoms with van der Waals surface area (Å²) in [5.74, 6) is 2.42. The second kappa shape index (κ2) is 3.21. The van der Waals surface area contributed by atoms with Crippen molar-refractivity contribution in [2.45, 2.75) is 38.2 Å². The van der Waals surface area contributed by atoms with E-state index in [9.17, 15) is 5.11 Å². The summed E-state index contributed by atoms with van der Waals surface area (Å²) in [4.78, 5) is 0. The molecule has 0 amide bonds. The van der Waals surface area contributed by atoms with Crippen LogP contribution in [0.25, 0.3) is 0 Å². The first-order valence-electron chi connectivity index (χ1n) is 5.12. The molecule has 0 bridgehead atoms. The monoisotopic (exact) mass is 166 g/mol. The van der Waals surface area contributed by atoms with Crippen molar-refractivity contribution in [3.05, 3.63) is 12.7 Å². The highest BCUT2D eigenvalue weighted by atomic mass is 16.3. The van der Waals surface area contributed by atoms with Crippen LogP contribution in [0.2, 0.25) is 0 Å². The van der Waals surface area contributed by atoms with Crippen molar-refractivity contribution in [2.75, 3.05) is 0 Å². The van der Waals surface area contributed by atoms with Gasteiger partial charge in [-0.3, -0.25) is 0 Å². The summed E-state index contributed by atoms with van der Waals surface area (Å²) in [6.45, 7) is 3.71. The maximum absolute atomic E-state index is 9.66. The average molecular weight is 166 g/mol. The highest BCUT2D eigenvalue weighted by molar-refractivity contribution is 5.01. The second-order valence-electron chi connectivity index (χ2n) is 4.35. The van der Waals surface area contributed by atoms with Gasteiger partial charge in [0.15, 0.2) is 0 Å². The van der Waals surface area contributed by atoms with E-state index in [0.29, 0.717) is 5.92 Å². The molecule has 0 radical (unpaired) electrons. The van der Waals surface area contributed by atoms with Gasteiger partial charge < -0.3 is 5.11 Å². The Morgan fingerprint density at radius 1 is 1.42 bits per heavy atom. The van der Waals surface area contributed by atoms with E-state index < -0.39 is 0 Å². The van der Waals surface area contributed by atoms with Crippen LogP contribution in [0.1, 0.15) is 32.1 Å². The number of hydrogen-bond acceptors (Lipinski definition) is 1. The van der Waals surface area contributed by atoms with Gasteiger partial charge >= 0.3 is 0 Å². The summed E-state index contributed by atoms with van der Waals surface area (Å²) < 4.78 is 0. The van der Waals surface area contributed by atoms with Crippen LogP contribution >= 0.6 is 0 Å². The molecule has 0 unspecified atom stereocenters. The molecule has 0 spiro atoms. The normalized spacial score (nSPS) is 44.1. The fourth-order valence-corrected chi connectivity index (χ4v) is 2.74. The van der Waals surface area contributed by atoms with E-state index in [1.807, 2.05) is 6.08 Å². The van der Waals surface area contributed by atoms with Crippen LogP contribution in [-0.2, 0) is 0 Å². The Morgan fingerprint density at radius 3 is 2.83 bits per heavy atom. The van der Waals surface area contributed by atoms with E-state index in [2.05, 4.69) is 6.58 Å². The lowest BCUT2D eigenvalue weighted by molar-refractivity contribution is 0.107. The molecular formula is C11H18O. The Labute approximate surface area is 74.5 Å². The molecule has 0 aromatic carbocycles. The quantitative estimate of drug-likeness (QED) is 0.502. The lowest BCUT2D eigenvalue weighted by Gasteiger charge is -2.16. The molecule has 0 saturated heterocycles. The van der Waals surface area contributed by atoms with Crippen molar-refractivity contribution in [1.82, 2.24) is 0 Å². The first-order valence-corrected chi connectivity index (χ1v) is 5.12. The summed E-state index contributed by atoms with van der Waals surface area (Å²) in [5.41, 5.74) is 0. The molecule has 0 aromatic heterocycles. The number of aliphatic hydroxyl groups is 1. The van der Waals surface area contributed by atoms with Crippen LogP contribution in [0.15, 0.2) is 12.7 Å². The van der Waals surface area contributed by atoms with Crippen LogP contribution in [0.5, 0.6) is 0 Å². The molecule has 12 heavy (non-hydrogen) atoms. The number of rotatable bonds is 4. The summed E-state index contributed by atoms with van der Waals surface area (Å²) in [6, 6.07) is 0. The molecule has 2 aliphatic rings. The molecule has 2 rings (SSSR count). The lowest BCUT2D eigenvalue weighted by Crippen LogP contribution is -2.17. The van der Waals surface area contributed by atoms with Gasteiger partial charge in [0.05, 0.1) is 6.10 Å². The van der Waals surface area contributed by atoms with Crippen molar-refractivity contribution in [1.29, 1.82) is 0 Å². The SMILES string of the molecule is C=CCCC[C@@H]1[C@H]2C[C@H]2C[C@H]1O. The average Bonchev–Trinajstić information content (AvgIpc) is 2.72. The van der Waals surface area contributed by atoms with Gasteiger partial charge in [0.25, 0.3) is 0 Å². The molecule has 1 heteroatoms. The van der Waals surface area contributed by atoms with Gasteiger partial charge in [0.1, 0.15) is 0 Å². The molecule has 1 nitrogen and oxygen atoms in total. The van der Waals surface area contributed by atoms with Crippen molar-refractivity contribution in [3.63, 3.8) is 0 Å². The second-order valence-corrected chi connectivity index (χ2v) is 4.35. The molecule has 0 heterocycles. The zero-order valence-electron chi connectivity index (χ0n) is 7.58. The summed E-state index contributed by atoms with van der Waals surface area (Å²) in [7, 11) is 0. The Hall–Kier alpha value is -0.300. The van der Waals surface area contributed by atoms with Crippen LogP contribution in [0, 0.1) is 17.8 Å².